The molecule has 2 heterocycles. The van der Waals surface area contributed by atoms with Gasteiger partial charge in [0.2, 0.25) is 11.9 Å². The van der Waals surface area contributed by atoms with Gasteiger partial charge in [0.25, 0.3) is 5.91 Å². The first-order chi connectivity index (χ1) is 15.5. The van der Waals surface area contributed by atoms with E-state index in [1.807, 2.05) is 4.90 Å². The van der Waals surface area contributed by atoms with Gasteiger partial charge in [0, 0.05) is 42.5 Å². The molecule has 4 rings (SSSR count). The monoisotopic (exact) mass is 455 g/mol. The Kier molecular flexibility index (Phi) is 6.77. The predicted molar refractivity (Wildman–Crippen MR) is 121 cm³/mol. The molecule has 1 aliphatic rings. The van der Waals surface area contributed by atoms with Gasteiger partial charge < -0.3 is 16.0 Å². The fourth-order valence-corrected chi connectivity index (χ4v) is 3.75. The largest absolute Gasteiger partial charge is 0.368 e. The lowest BCUT2D eigenvalue weighted by atomic mass is 10.2. The highest BCUT2D eigenvalue weighted by atomic mass is 35.5. The first kappa shape index (κ1) is 21.9. The zero-order valence-electron chi connectivity index (χ0n) is 17.3. The van der Waals surface area contributed by atoms with Gasteiger partial charge in [0.15, 0.2) is 0 Å². The third-order valence-electron chi connectivity index (χ3n) is 5.11. The molecule has 0 spiro atoms. The molecule has 166 valence electrons. The Balaban J connectivity index is 1.39. The predicted octanol–water partition coefficient (Wildman–Crippen LogP) is 3.34. The highest BCUT2D eigenvalue weighted by Crippen LogP contribution is 2.17. The second kappa shape index (κ2) is 9.88. The number of nitrogen functional groups attached to an aromatic ring is 1. The summed E-state index contributed by atoms with van der Waals surface area (Å²) in [6.45, 7) is 3.21. The number of nitrogens with one attached hydrogen (secondary N) is 1. The van der Waals surface area contributed by atoms with Crippen molar-refractivity contribution in [2.45, 2.75) is 13.0 Å². The summed E-state index contributed by atoms with van der Waals surface area (Å²) in [5.74, 6) is 0.579. The molecule has 1 fully saturated rings. The highest BCUT2D eigenvalue weighted by molar-refractivity contribution is 6.30. The minimum Gasteiger partial charge on any atom is -0.368 e. The average Bonchev–Trinajstić information content (AvgIpc) is 3.00. The third kappa shape index (κ3) is 5.68. The number of amides is 1. The van der Waals surface area contributed by atoms with Crippen LogP contribution in [0.4, 0.5) is 22.0 Å². The van der Waals surface area contributed by atoms with Crippen LogP contribution in [-0.4, -0.2) is 56.8 Å². The molecule has 10 heteroatoms. The molecule has 1 aliphatic heterocycles. The molecular weight excluding hydrogens is 433 g/mol. The van der Waals surface area contributed by atoms with Gasteiger partial charge >= 0.3 is 0 Å². The topological polar surface area (TPSA) is 100 Å². The second-order valence-corrected chi connectivity index (χ2v) is 7.93. The lowest BCUT2D eigenvalue weighted by Crippen LogP contribution is -2.35. The molecule has 32 heavy (non-hydrogen) atoms. The number of benzene rings is 2. The minimum atomic E-state index is -0.324. The summed E-state index contributed by atoms with van der Waals surface area (Å²) in [6.07, 6.45) is 0.827. The van der Waals surface area contributed by atoms with Crippen LogP contribution in [0.15, 0.2) is 48.5 Å². The molecule has 0 saturated carbocycles. The van der Waals surface area contributed by atoms with Gasteiger partial charge in [0.1, 0.15) is 11.6 Å². The first-order valence-electron chi connectivity index (χ1n) is 10.3. The van der Waals surface area contributed by atoms with Gasteiger partial charge in [-0.3, -0.25) is 9.69 Å². The highest BCUT2D eigenvalue weighted by Gasteiger charge is 2.21. The molecule has 1 aromatic heterocycles. The van der Waals surface area contributed by atoms with E-state index >= 15 is 0 Å². The van der Waals surface area contributed by atoms with Gasteiger partial charge in [-0.1, -0.05) is 17.7 Å². The number of nitrogens with two attached hydrogens (primary N) is 1. The quantitative estimate of drug-likeness (QED) is 0.608. The number of nitrogens with zero attached hydrogens (tertiary/aromatic N) is 5. The average molecular weight is 456 g/mol. The van der Waals surface area contributed by atoms with E-state index in [1.54, 1.807) is 36.4 Å². The Labute approximate surface area is 190 Å². The number of anilines is 3. The molecule has 2 aromatic carbocycles. The third-order valence-corrected chi connectivity index (χ3v) is 5.35. The van der Waals surface area contributed by atoms with Gasteiger partial charge in [-0.2, -0.15) is 15.0 Å². The molecular formula is C22H23ClFN7O. The van der Waals surface area contributed by atoms with Gasteiger partial charge in [-0.25, -0.2) is 4.39 Å². The number of hydrogen-bond donors (Lipinski definition) is 2. The molecule has 1 amide bonds. The summed E-state index contributed by atoms with van der Waals surface area (Å²) >= 11 is 6.03. The molecule has 0 aliphatic carbocycles. The second-order valence-electron chi connectivity index (χ2n) is 7.50. The number of hydrogen-bond acceptors (Lipinski definition) is 7. The zero-order valence-corrected chi connectivity index (χ0v) is 18.1. The summed E-state index contributed by atoms with van der Waals surface area (Å²) < 4.78 is 13.1. The fraction of sp³-hybridized carbons (Fsp3) is 0.273. The van der Waals surface area contributed by atoms with Gasteiger partial charge in [-0.05, 0) is 48.9 Å². The maximum Gasteiger partial charge on any atom is 0.253 e. The summed E-state index contributed by atoms with van der Waals surface area (Å²) in [5, 5.41) is 3.56. The molecule has 0 unspecified atom stereocenters. The Morgan fingerprint density at radius 1 is 1.06 bits per heavy atom. The van der Waals surface area contributed by atoms with Crippen molar-refractivity contribution in [1.82, 2.24) is 24.8 Å². The van der Waals surface area contributed by atoms with Crippen LogP contribution in [0.1, 0.15) is 22.6 Å². The molecule has 8 nitrogen and oxygen atoms in total. The van der Waals surface area contributed by atoms with Crippen LogP contribution in [-0.2, 0) is 6.54 Å². The summed E-state index contributed by atoms with van der Waals surface area (Å²) in [4.78, 5) is 29.6. The summed E-state index contributed by atoms with van der Waals surface area (Å²) in [7, 11) is 0. The van der Waals surface area contributed by atoms with Gasteiger partial charge in [0.05, 0.1) is 6.54 Å². The molecule has 0 atom stereocenters. The number of halogens is 2. The number of carbonyl (C=O) groups excluding carboxylic acids is 1. The zero-order chi connectivity index (χ0) is 22.5. The SMILES string of the molecule is Nc1nc(CN2CCCN(C(=O)c3cccc(Cl)c3)CC2)nc(Nc2ccc(F)cc2)n1. The number of rotatable bonds is 5. The first-order valence-corrected chi connectivity index (χ1v) is 10.6. The van der Waals surface area contributed by atoms with E-state index < -0.39 is 0 Å². The van der Waals surface area contributed by atoms with E-state index in [0.29, 0.717) is 54.2 Å². The van der Waals surface area contributed by atoms with E-state index in [0.717, 1.165) is 13.0 Å². The van der Waals surface area contributed by atoms with Crippen molar-refractivity contribution < 1.29 is 9.18 Å². The molecule has 0 bridgehead atoms. The number of aromatic nitrogens is 3. The fourth-order valence-electron chi connectivity index (χ4n) is 3.56. The van der Waals surface area contributed by atoms with Crippen LogP contribution in [0.25, 0.3) is 0 Å². The van der Waals surface area contributed by atoms with Crippen LogP contribution >= 0.6 is 11.6 Å². The maximum absolute atomic E-state index is 13.1. The molecule has 1 saturated heterocycles. The van der Waals surface area contributed by atoms with Crippen molar-refractivity contribution in [3.8, 4) is 0 Å². The lowest BCUT2D eigenvalue weighted by molar-refractivity contribution is 0.0761. The lowest BCUT2D eigenvalue weighted by Gasteiger charge is -2.22. The minimum absolute atomic E-state index is 0.0236. The standard InChI is InChI=1S/C22H23ClFN7O/c23-16-4-1-3-15(13-16)20(32)31-10-2-9-30(11-12-31)14-19-27-21(25)29-22(28-19)26-18-7-5-17(24)6-8-18/h1,3-8,13H,2,9-12,14H2,(H3,25,26,27,28,29). The van der Waals surface area contributed by atoms with Gasteiger partial charge in [-0.15, -0.1) is 0 Å². The van der Waals surface area contributed by atoms with Crippen LogP contribution in [0.5, 0.6) is 0 Å². The van der Waals surface area contributed by atoms with E-state index in [1.165, 1.54) is 12.1 Å². The van der Waals surface area contributed by atoms with E-state index in [2.05, 4.69) is 25.2 Å². The van der Waals surface area contributed by atoms with Crippen molar-refractivity contribution in [2.75, 3.05) is 37.2 Å². The van der Waals surface area contributed by atoms with E-state index in [4.69, 9.17) is 17.3 Å². The Hall–Kier alpha value is -3.30. The summed E-state index contributed by atoms with van der Waals surface area (Å²) in [5.41, 5.74) is 7.10. The van der Waals surface area contributed by atoms with E-state index in [-0.39, 0.29) is 17.7 Å². The van der Waals surface area contributed by atoms with Crippen molar-refractivity contribution in [1.29, 1.82) is 0 Å². The number of carbonyl (C=O) groups is 1. The molecule has 3 N–H and O–H groups in total. The maximum atomic E-state index is 13.1. The molecule has 0 radical (unpaired) electrons. The molecule has 3 aromatic rings. The van der Waals surface area contributed by atoms with Crippen LogP contribution in [0.3, 0.4) is 0 Å². The van der Waals surface area contributed by atoms with Crippen molar-refractivity contribution in [3.63, 3.8) is 0 Å². The Morgan fingerprint density at radius 2 is 1.88 bits per heavy atom. The van der Waals surface area contributed by atoms with Crippen molar-refractivity contribution in [2.24, 2.45) is 0 Å². The smallest absolute Gasteiger partial charge is 0.253 e. The van der Waals surface area contributed by atoms with Crippen LogP contribution < -0.4 is 11.1 Å². The van der Waals surface area contributed by atoms with Crippen molar-refractivity contribution >= 4 is 35.1 Å². The van der Waals surface area contributed by atoms with E-state index in [9.17, 15) is 9.18 Å². The Bertz CT molecular complexity index is 1100. The van der Waals surface area contributed by atoms with Crippen LogP contribution in [0, 0.1) is 5.82 Å². The summed E-state index contributed by atoms with van der Waals surface area (Å²) in [6, 6.07) is 12.9. The van der Waals surface area contributed by atoms with Crippen molar-refractivity contribution in [3.05, 3.63) is 70.8 Å². The Morgan fingerprint density at radius 3 is 2.66 bits per heavy atom. The normalized spacial score (nSPS) is 14.8. The van der Waals surface area contributed by atoms with Crippen LogP contribution in [0.2, 0.25) is 5.02 Å².